The average molecular weight is 265 g/mol. The Balaban J connectivity index is 1.81. The smallest absolute Gasteiger partial charge is 0.408 e. The van der Waals surface area contributed by atoms with Gasteiger partial charge in [0.1, 0.15) is 12.7 Å². The summed E-state index contributed by atoms with van der Waals surface area (Å²) < 4.78 is 14.6. The molecule has 1 aromatic rings. The number of ether oxygens (including phenoxy) is 3. The number of hydrogen-bond donors (Lipinski definition) is 1. The molecule has 2 atom stereocenters. The molecule has 0 aliphatic carbocycles. The first-order valence-electron chi connectivity index (χ1n) is 5.87. The van der Waals surface area contributed by atoms with E-state index in [1.165, 1.54) is 7.11 Å². The minimum Gasteiger partial charge on any atom is -0.467 e. The molecule has 0 radical (unpaired) electrons. The second kappa shape index (κ2) is 6.19. The topological polar surface area (TPSA) is 77.2 Å². The number of benzene rings is 1. The Kier molecular flexibility index (Phi) is 4.35. The van der Waals surface area contributed by atoms with Crippen LogP contribution in [0.4, 0.5) is 4.79 Å². The summed E-state index contributed by atoms with van der Waals surface area (Å²) >= 11 is 0. The summed E-state index contributed by atoms with van der Waals surface area (Å²) in [5.41, 5.74) is 0.870. The first-order valence-corrected chi connectivity index (χ1v) is 5.87. The van der Waals surface area contributed by atoms with Gasteiger partial charge in [-0.1, -0.05) is 30.3 Å². The van der Waals surface area contributed by atoms with Gasteiger partial charge in [0.2, 0.25) is 0 Å². The summed E-state index contributed by atoms with van der Waals surface area (Å²) in [5.74, 6) is -0.542. The number of esters is 1. The molecule has 0 saturated carbocycles. The lowest BCUT2D eigenvalue weighted by atomic mass is 10.2. The maximum atomic E-state index is 11.6. The van der Waals surface area contributed by atoms with E-state index < -0.39 is 18.1 Å². The van der Waals surface area contributed by atoms with Gasteiger partial charge >= 0.3 is 12.1 Å². The summed E-state index contributed by atoms with van der Waals surface area (Å²) in [7, 11) is 1.26. The molecule has 0 aromatic heterocycles. The van der Waals surface area contributed by atoms with Crippen LogP contribution in [0.15, 0.2) is 30.3 Å². The van der Waals surface area contributed by atoms with Crippen molar-refractivity contribution in [2.24, 2.45) is 0 Å². The van der Waals surface area contributed by atoms with Gasteiger partial charge in [-0.25, -0.2) is 9.59 Å². The monoisotopic (exact) mass is 265 g/mol. The van der Waals surface area contributed by atoms with Crippen molar-refractivity contribution in [2.75, 3.05) is 13.7 Å². The van der Waals surface area contributed by atoms with Crippen LogP contribution < -0.4 is 5.32 Å². The van der Waals surface area contributed by atoms with E-state index >= 15 is 0 Å². The molecule has 1 aliphatic rings. The molecule has 19 heavy (non-hydrogen) atoms. The lowest BCUT2D eigenvalue weighted by Gasteiger charge is -2.14. The normalized spacial score (nSPS) is 18.3. The van der Waals surface area contributed by atoms with Crippen molar-refractivity contribution in [3.63, 3.8) is 0 Å². The predicted octanol–water partition coefficient (Wildman–Crippen LogP) is 0.853. The zero-order valence-corrected chi connectivity index (χ0v) is 10.5. The number of nitrogens with one attached hydrogen (secondary N) is 1. The summed E-state index contributed by atoms with van der Waals surface area (Å²) in [5, 5.41) is 2.44. The molecular formula is C13H15NO5. The molecule has 0 spiro atoms. The Morgan fingerprint density at radius 1 is 1.42 bits per heavy atom. The van der Waals surface area contributed by atoms with Gasteiger partial charge in [-0.3, -0.25) is 0 Å². The van der Waals surface area contributed by atoms with E-state index in [2.05, 4.69) is 10.1 Å². The molecule has 1 fully saturated rings. The molecule has 2 rings (SSSR count). The second-order valence-corrected chi connectivity index (χ2v) is 4.08. The molecule has 1 N–H and O–H groups in total. The van der Waals surface area contributed by atoms with Crippen molar-refractivity contribution in [3.05, 3.63) is 35.9 Å². The van der Waals surface area contributed by atoms with Crippen LogP contribution in [-0.4, -0.2) is 37.9 Å². The lowest BCUT2D eigenvalue weighted by molar-refractivity contribution is -0.143. The second-order valence-electron chi connectivity index (χ2n) is 4.08. The minimum absolute atomic E-state index is 0.145. The van der Waals surface area contributed by atoms with E-state index in [9.17, 15) is 9.59 Å². The summed E-state index contributed by atoms with van der Waals surface area (Å²) in [6.45, 7) is 0.574. The van der Waals surface area contributed by atoms with Gasteiger partial charge in [0.05, 0.1) is 13.7 Å². The number of alkyl carbamates (subject to hydrolysis) is 1. The van der Waals surface area contributed by atoms with Crippen LogP contribution in [0.2, 0.25) is 0 Å². The van der Waals surface area contributed by atoms with Crippen LogP contribution in [0.3, 0.4) is 0 Å². The highest BCUT2D eigenvalue weighted by molar-refractivity contribution is 5.82. The van der Waals surface area contributed by atoms with Crippen LogP contribution in [0, 0.1) is 0 Å². The van der Waals surface area contributed by atoms with Gasteiger partial charge in [-0.2, -0.15) is 0 Å². The van der Waals surface area contributed by atoms with Gasteiger partial charge in [0.15, 0.2) is 6.04 Å². The molecule has 6 nitrogen and oxygen atoms in total. The molecule has 1 heterocycles. The summed E-state index contributed by atoms with van der Waals surface area (Å²) in [6, 6.07) is 8.46. The standard InChI is InChI=1S/C13H15NO5/c1-17-12(15)11(10-8-18-10)14-13(16)19-7-9-5-3-2-4-6-9/h2-6,10-11H,7-8H2,1H3,(H,14,16)/t10?,11-/m1/s1. The molecule has 1 amide bonds. The number of carbonyl (C=O) groups is 2. The Hall–Kier alpha value is -2.08. The molecule has 1 saturated heterocycles. The number of amides is 1. The SMILES string of the molecule is COC(=O)[C@H](NC(=O)OCc1ccccc1)C1CO1. The first kappa shape index (κ1) is 13.4. The molecule has 1 aromatic carbocycles. The molecule has 0 bridgehead atoms. The fraction of sp³-hybridized carbons (Fsp3) is 0.385. The highest BCUT2D eigenvalue weighted by Crippen LogP contribution is 2.15. The largest absolute Gasteiger partial charge is 0.467 e. The summed E-state index contributed by atoms with van der Waals surface area (Å²) in [4.78, 5) is 23.0. The van der Waals surface area contributed by atoms with Gasteiger partial charge in [-0.05, 0) is 5.56 Å². The zero-order chi connectivity index (χ0) is 13.7. The molecular weight excluding hydrogens is 250 g/mol. The average Bonchev–Trinajstić information content (AvgIpc) is 3.27. The number of carbonyl (C=O) groups excluding carboxylic acids is 2. The third kappa shape index (κ3) is 3.96. The van der Waals surface area contributed by atoms with E-state index in [-0.39, 0.29) is 12.7 Å². The van der Waals surface area contributed by atoms with Crippen LogP contribution in [0.5, 0.6) is 0 Å². The van der Waals surface area contributed by atoms with Crippen LogP contribution in [0.1, 0.15) is 5.56 Å². The predicted molar refractivity (Wildman–Crippen MR) is 65.3 cm³/mol. The van der Waals surface area contributed by atoms with Crippen molar-refractivity contribution in [2.45, 2.75) is 18.8 Å². The van der Waals surface area contributed by atoms with Crippen molar-refractivity contribution in [3.8, 4) is 0 Å². The number of epoxide rings is 1. The third-order valence-corrected chi connectivity index (χ3v) is 2.67. The fourth-order valence-electron chi connectivity index (χ4n) is 1.57. The third-order valence-electron chi connectivity index (χ3n) is 2.67. The van der Waals surface area contributed by atoms with Crippen LogP contribution in [0.25, 0.3) is 0 Å². The quantitative estimate of drug-likeness (QED) is 0.631. The number of methoxy groups -OCH3 is 1. The maximum Gasteiger partial charge on any atom is 0.408 e. The highest BCUT2D eigenvalue weighted by Gasteiger charge is 2.40. The van der Waals surface area contributed by atoms with Crippen LogP contribution >= 0.6 is 0 Å². The molecule has 102 valence electrons. The fourth-order valence-corrected chi connectivity index (χ4v) is 1.57. The Morgan fingerprint density at radius 2 is 2.11 bits per heavy atom. The lowest BCUT2D eigenvalue weighted by Crippen LogP contribution is -2.45. The highest BCUT2D eigenvalue weighted by atomic mass is 16.6. The van der Waals surface area contributed by atoms with Crippen molar-refractivity contribution in [1.29, 1.82) is 0 Å². The van der Waals surface area contributed by atoms with Crippen molar-refractivity contribution in [1.82, 2.24) is 5.32 Å². The van der Waals surface area contributed by atoms with Gasteiger partial charge < -0.3 is 19.5 Å². The minimum atomic E-state index is -0.812. The molecule has 1 aliphatic heterocycles. The zero-order valence-electron chi connectivity index (χ0n) is 10.5. The maximum absolute atomic E-state index is 11.6. The van der Waals surface area contributed by atoms with E-state index in [0.717, 1.165) is 5.56 Å². The van der Waals surface area contributed by atoms with Crippen molar-refractivity contribution < 1.29 is 23.8 Å². The van der Waals surface area contributed by atoms with Gasteiger partial charge in [-0.15, -0.1) is 0 Å². The number of rotatable bonds is 5. The number of hydrogen-bond acceptors (Lipinski definition) is 5. The van der Waals surface area contributed by atoms with Gasteiger partial charge in [0.25, 0.3) is 0 Å². The van der Waals surface area contributed by atoms with E-state index in [4.69, 9.17) is 9.47 Å². The van der Waals surface area contributed by atoms with Crippen LogP contribution in [-0.2, 0) is 25.6 Å². The van der Waals surface area contributed by atoms with E-state index in [1.807, 2.05) is 30.3 Å². The Bertz CT molecular complexity index is 444. The summed E-state index contributed by atoms with van der Waals surface area (Å²) in [6.07, 6.45) is -0.994. The van der Waals surface area contributed by atoms with Gasteiger partial charge in [0, 0.05) is 0 Å². The first-order chi connectivity index (χ1) is 9.20. The van der Waals surface area contributed by atoms with Crippen molar-refractivity contribution >= 4 is 12.1 Å². The van der Waals surface area contributed by atoms with E-state index in [1.54, 1.807) is 0 Å². The molecule has 1 unspecified atom stereocenters. The Labute approximate surface area is 110 Å². The Morgan fingerprint density at radius 3 is 2.68 bits per heavy atom. The molecule has 6 heteroatoms. The van der Waals surface area contributed by atoms with E-state index in [0.29, 0.717) is 6.61 Å².